The number of piperidine rings is 1. The summed E-state index contributed by atoms with van der Waals surface area (Å²) in [6.45, 7) is 11.2. The van der Waals surface area contributed by atoms with Crippen LogP contribution in [-0.4, -0.2) is 53.4 Å². The molecule has 3 rings (SSSR count). The number of rotatable bonds is 8. The van der Waals surface area contributed by atoms with E-state index in [0.29, 0.717) is 6.54 Å². The summed E-state index contributed by atoms with van der Waals surface area (Å²) in [5, 5.41) is 11.2. The maximum Gasteiger partial charge on any atom is 0.191 e. The van der Waals surface area contributed by atoms with Gasteiger partial charge in [-0.1, -0.05) is 31.2 Å². The molecule has 2 heterocycles. The summed E-state index contributed by atoms with van der Waals surface area (Å²) in [5.74, 6) is 1.77. The van der Waals surface area contributed by atoms with Crippen LogP contribution in [0.4, 0.5) is 0 Å². The van der Waals surface area contributed by atoms with Crippen molar-refractivity contribution in [2.75, 3.05) is 32.7 Å². The molecule has 0 amide bonds. The smallest absolute Gasteiger partial charge is 0.191 e. The lowest BCUT2D eigenvalue weighted by Gasteiger charge is -2.30. The molecule has 0 bridgehead atoms. The summed E-state index contributed by atoms with van der Waals surface area (Å²) in [6.07, 6.45) is 6.45. The number of benzene rings is 1. The van der Waals surface area contributed by atoms with Crippen molar-refractivity contribution in [2.24, 2.45) is 10.9 Å². The summed E-state index contributed by atoms with van der Waals surface area (Å²) in [5.41, 5.74) is 2.49. The van der Waals surface area contributed by atoms with Gasteiger partial charge in [0, 0.05) is 32.0 Å². The van der Waals surface area contributed by atoms with Crippen molar-refractivity contribution in [2.45, 2.75) is 39.8 Å². The van der Waals surface area contributed by atoms with Crippen LogP contribution < -0.4 is 10.6 Å². The number of nitrogens with one attached hydrogen (secondary N) is 2. The fourth-order valence-electron chi connectivity index (χ4n) is 3.56. The summed E-state index contributed by atoms with van der Waals surface area (Å²) in [4.78, 5) is 7.37. The summed E-state index contributed by atoms with van der Waals surface area (Å²) in [7, 11) is 0. The predicted molar refractivity (Wildman–Crippen MR) is 131 cm³/mol. The van der Waals surface area contributed by atoms with Crippen molar-refractivity contribution in [1.29, 1.82) is 0 Å². The van der Waals surface area contributed by atoms with Crippen LogP contribution in [0.3, 0.4) is 0 Å². The number of halogens is 1. The van der Waals surface area contributed by atoms with Crippen molar-refractivity contribution >= 4 is 29.9 Å². The van der Waals surface area contributed by atoms with E-state index in [9.17, 15) is 0 Å². The molecule has 6 nitrogen and oxygen atoms in total. The lowest BCUT2D eigenvalue weighted by Crippen LogP contribution is -2.43. The van der Waals surface area contributed by atoms with Crippen LogP contribution in [0.25, 0.3) is 0 Å². The van der Waals surface area contributed by atoms with E-state index in [1.54, 1.807) is 0 Å². The molecule has 1 fully saturated rings. The lowest BCUT2D eigenvalue weighted by atomic mass is 9.99. The second-order valence-corrected chi connectivity index (χ2v) is 7.62. The largest absolute Gasteiger partial charge is 0.357 e. The van der Waals surface area contributed by atoms with Gasteiger partial charge in [0.05, 0.1) is 13.1 Å². The van der Waals surface area contributed by atoms with E-state index in [2.05, 4.69) is 58.7 Å². The lowest BCUT2D eigenvalue weighted by molar-refractivity contribution is 0.195. The topological polar surface area (TPSA) is 57.5 Å². The van der Waals surface area contributed by atoms with Gasteiger partial charge in [0.15, 0.2) is 5.96 Å². The number of hydrogen-bond donors (Lipinski definition) is 2. The summed E-state index contributed by atoms with van der Waals surface area (Å²) in [6, 6.07) is 10.4. The van der Waals surface area contributed by atoms with Crippen LogP contribution in [0.5, 0.6) is 0 Å². The van der Waals surface area contributed by atoms with Crippen LogP contribution in [-0.2, 0) is 13.1 Å². The van der Waals surface area contributed by atoms with E-state index in [4.69, 9.17) is 4.99 Å². The van der Waals surface area contributed by atoms with Crippen molar-refractivity contribution in [3.63, 3.8) is 0 Å². The first-order valence-corrected chi connectivity index (χ1v) is 10.5. The normalized spacial score (nSPS) is 15.7. The highest BCUT2D eigenvalue weighted by Crippen LogP contribution is 2.15. The number of aromatic nitrogens is 2. The zero-order chi connectivity index (χ0) is 19.6. The summed E-state index contributed by atoms with van der Waals surface area (Å²) < 4.78 is 1.95. The Kier molecular flexibility index (Phi) is 10.5. The molecule has 7 heteroatoms. The third-order valence-electron chi connectivity index (χ3n) is 5.36. The molecule has 0 spiro atoms. The Bertz CT molecular complexity index is 723. The first-order valence-electron chi connectivity index (χ1n) is 10.5. The molecule has 0 radical (unpaired) electrons. The molecule has 0 saturated carbocycles. The molecule has 1 aromatic carbocycles. The van der Waals surface area contributed by atoms with Gasteiger partial charge in [-0.2, -0.15) is 5.10 Å². The Morgan fingerprint density at radius 3 is 2.59 bits per heavy atom. The second-order valence-electron chi connectivity index (χ2n) is 7.62. The van der Waals surface area contributed by atoms with Gasteiger partial charge in [-0.05, 0) is 56.0 Å². The van der Waals surface area contributed by atoms with E-state index in [1.165, 1.54) is 37.1 Å². The number of likely N-dealkylation sites (tertiary alicyclic amines) is 1. The number of hydrogen-bond acceptors (Lipinski definition) is 3. The Morgan fingerprint density at radius 2 is 1.90 bits per heavy atom. The van der Waals surface area contributed by atoms with Gasteiger partial charge in [0.25, 0.3) is 0 Å². The monoisotopic (exact) mass is 510 g/mol. The van der Waals surface area contributed by atoms with Crippen molar-refractivity contribution < 1.29 is 0 Å². The van der Waals surface area contributed by atoms with Gasteiger partial charge in [0.1, 0.15) is 0 Å². The molecule has 2 N–H and O–H groups in total. The maximum absolute atomic E-state index is 4.81. The van der Waals surface area contributed by atoms with Crippen molar-refractivity contribution in [3.05, 3.63) is 53.9 Å². The fourth-order valence-corrected chi connectivity index (χ4v) is 3.56. The van der Waals surface area contributed by atoms with Gasteiger partial charge in [-0.15, -0.1) is 24.0 Å². The van der Waals surface area contributed by atoms with Gasteiger partial charge in [0.2, 0.25) is 0 Å². The van der Waals surface area contributed by atoms with Gasteiger partial charge >= 0.3 is 0 Å². The maximum atomic E-state index is 4.81. The molecule has 0 atom stereocenters. The number of aliphatic imine (C=N–C) groups is 1. The van der Waals surface area contributed by atoms with E-state index in [0.717, 1.165) is 38.1 Å². The fraction of sp³-hybridized carbons (Fsp3) is 0.545. The Hall–Kier alpha value is -1.61. The van der Waals surface area contributed by atoms with Gasteiger partial charge in [-0.3, -0.25) is 4.68 Å². The summed E-state index contributed by atoms with van der Waals surface area (Å²) >= 11 is 0. The third kappa shape index (κ3) is 7.97. The van der Waals surface area contributed by atoms with E-state index in [-0.39, 0.29) is 24.0 Å². The minimum atomic E-state index is 0. The highest BCUT2D eigenvalue weighted by molar-refractivity contribution is 14.0. The van der Waals surface area contributed by atoms with Gasteiger partial charge < -0.3 is 15.5 Å². The first-order chi connectivity index (χ1) is 13.7. The van der Waals surface area contributed by atoms with Crippen LogP contribution in [0.1, 0.15) is 37.8 Å². The molecule has 2 aromatic rings. The van der Waals surface area contributed by atoms with E-state index < -0.39 is 0 Å². The average Bonchev–Trinajstić information content (AvgIpc) is 3.22. The third-order valence-corrected chi connectivity index (χ3v) is 5.36. The molecule has 1 saturated heterocycles. The molecule has 0 aliphatic carbocycles. The predicted octanol–water partition coefficient (Wildman–Crippen LogP) is 3.34. The Labute approximate surface area is 192 Å². The van der Waals surface area contributed by atoms with Crippen LogP contribution >= 0.6 is 24.0 Å². The molecule has 1 aliphatic heterocycles. The zero-order valence-corrected chi connectivity index (χ0v) is 20.0. The molecule has 29 heavy (non-hydrogen) atoms. The molecule has 160 valence electrons. The zero-order valence-electron chi connectivity index (χ0n) is 17.7. The molecule has 1 aromatic heterocycles. The number of nitrogens with zero attached hydrogens (tertiary/aromatic N) is 4. The van der Waals surface area contributed by atoms with Crippen LogP contribution in [0.15, 0.2) is 47.7 Å². The number of guanidine groups is 1. The standard InChI is InChI=1S/C22H34N6.HI/c1-3-23-22(24-12-16-27-14-9-19(2)10-15-27)25-17-20-7-4-5-8-21(20)18-28-13-6-11-26-28;/h4-8,11,13,19H,3,9-10,12,14-18H2,1-2H3,(H2,23,24,25);1H. The highest BCUT2D eigenvalue weighted by Gasteiger charge is 2.15. The highest BCUT2D eigenvalue weighted by atomic mass is 127. The van der Waals surface area contributed by atoms with Crippen molar-refractivity contribution in [3.8, 4) is 0 Å². The second kappa shape index (κ2) is 12.8. The van der Waals surface area contributed by atoms with Crippen molar-refractivity contribution in [1.82, 2.24) is 25.3 Å². The van der Waals surface area contributed by atoms with Gasteiger partial charge in [-0.25, -0.2) is 4.99 Å². The molecule has 0 unspecified atom stereocenters. The first kappa shape index (κ1) is 23.7. The molecular weight excluding hydrogens is 475 g/mol. The van der Waals surface area contributed by atoms with Crippen LogP contribution in [0, 0.1) is 5.92 Å². The Morgan fingerprint density at radius 1 is 1.14 bits per heavy atom. The molecular formula is C22H35IN6. The quantitative estimate of drug-likeness (QED) is 0.325. The van der Waals surface area contributed by atoms with E-state index in [1.807, 2.05) is 23.1 Å². The minimum absolute atomic E-state index is 0. The SMILES string of the molecule is CCNC(=NCc1ccccc1Cn1cccn1)NCCN1CCC(C)CC1.I. The van der Waals surface area contributed by atoms with Crippen LogP contribution in [0.2, 0.25) is 0 Å². The molecule has 1 aliphatic rings. The minimum Gasteiger partial charge on any atom is -0.357 e. The average molecular weight is 510 g/mol. The van der Waals surface area contributed by atoms with E-state index >= 15 is 0 Å². The Balaban J connectivity index is 0.00000300.